The highest BCUT2D eigenvalue weighted by molar-refractivity contribution is 5.82. The predicted octanol–water partition coefficient (Wildman–Crippen LogP) is 3.45. The van der Waals surface area contributed by atoms with E-state index >= 15 is 0 Å². The number of aromatic amines is 1. The number of fused-ring (bicyclic) bond motifs is 1. The summed E-state index contributed by atoms with van der Waals surface area (Å²) in [5.74, 6) is 1.06. The molecule has 1 aliphatic carbocycles. The molecule has 1 fully saturated rings. The third kappa shape index (κ3) is 2.70. The monoisotopic (exact) mass is 228 g/mol. The Morgan fingerprint density at radius 1 is 1.24 bits per heavy atom. The molecule has 2 nitrogen and oxygen atoms in total. The zero-order valence-corrected chi connectivity index (χ0v) is 10.2. The lowest BCUT2D eigenvalue weighted by Crippen LogP contribution is -2.14. The van der Waals surface area contributed by atoms with Crippen LogP contribution in [0.4, 0.5) is 0 Å². The lowest BCUT2D eigenvalue weighted by atomic mass is 10.1. The van der Waals surface area contributed by atoms with Crippen LogP contribution < -0.4 is 5.32 Å². The lowest BCUT2D eigenvalue weighted by Gasteiger charge is -2.03. The van der Waals surface area contributed by atoms with E-state index in [-0.39, 0.29) is 0 Å². The molecule has 1 aromatic carbocycles. The van der Waals surface area contributed by atoms with Gasteiger partial charge in [0.1, 0.15) is 0 Å². The normalized spacial score (nSPS) is 15.5. The molecule has 0 atom stereocenters. The SMILES string of the molecule is c1ccc2c(CNCCCC3CC3)c[nH]c2c1. The van der Waals surface area contributed by atoms with Gasteiger partial charge in [-0.15, -0.1) is 0 Å². The van der Waals surface area contributed by atoms with Gasteiger partial charge in [-0.1, -0.05) is 31.0 Å². The van der Waals surface area contributed by atoms with E-state index in [0.29, 0.717) is 0 Å². The van der Waals surface area contributed by atoms with Gasteiger partial charge in [-0.2, -0.15) is 0 Å². The van der Waals surface area contributed by atoms with E-state index in [9.17, 15) is 0 Å². The standard InChI is InChI=1S/C15H20N2/c1-2-6-15-14(5-1)13(11-17-15)10-16-9-3-4-12-7-8-12/h1-2,5-6,11-12,16-17H,3-4,7-10H2. The van der Waals surface area contributed by atoms with Crippen molar-refractivity contribution in [1.82, 2.24) is 10.3 Å². The van der Waals surface area contributed by atoms with Crippen LogP contribution in [0.15, 0.2) is 30.5 Å². The van der Waals surface area contributed by atoms with Crippen LogP contribution in [0.5, 0.6) is 0 Å². The smallest absolute Gasteiger partial charge is 0.0457 e. The zero-order chi connectivity index (χ0) is 11.5. The molecule has 1 heterocycles. The molecule has 0 saturated heterocycles. The van der Waals surface area contributed by atoms with Crippen LogP contribution in [-0.4, -0.2) is 11.5 Å². The molecule has 90 valence electrons. The Labute approximate surface area is 102 Å². The number of H-pyrrole nitrogens is 1. The maximum Gasteiger partial charge on any atom is 0.0457 e. The van der Waals surface area contributed by atoms with Crippen LogP contribution in [0.25, 0.3) is 10.9 Å². The van der Waals surface area contributed by atoms with Crippen molar-refractivity contribution in [2.45, 2.75) is 32.2 Å². The Kier molecular flexibility index (Phi) is 3.14. The van der Waals surface area contributed by atoms with Gasteiger partial charge < -0.3 is 10.3 Å². The van der Waals surface area contributed by atoms with Gasteiger partial charge in [0, 0.05) is 23.6 Å². The quantitative estimate of drug-likeness (QED) is 0.728. The molecule has 0 bridgehead atoms. The third-order valence-electron chi connectivity index (χ3n) is 3.65. The van der Waals surface area contributed by atoms with E-state index in [1.54, 1.807) is 0 Å². The molecule has 1 saturated carbocycles. The second-order valence-corrected chi connectivity index (χ2v) is 5.12. The zero-order valence-electron chi connectivity index (χ0n) is 10.2. The van der Waals surface area contributed by atoms with Crippen LogP contribution in [0.3, 0.4) is 0 Å². The molecule has 2 N–H and O–H groups in total. The van der Waals surface area contributed by atoms with Crippen molar-refractivity contribution >= 4 is 10.9 Å². The molecule has 2 aromatic rings. The molecule has 1 aromatic heterocycles. The number of nitrogens with one attached hydrogen (secondary N) is 2. The summed E-state index contributed by atoms with van der Waals surface area (Å²) in [6, 6.07) is 8.50. The van der Waals surface area contributed by atoms with Crippen LogP contribution in [-0.2, 0) is 6.54 Å². The highest BCUT2D eigenvalue weighted by Gasteiger charge is 2.19. The first kappa shape index (κ1) is 10.8. The van der Waals surface area contributed by atoms with Crippen molar-refractivity contribution in [1.29, 1.82) is 0 Å². The minimum Gasteiger partial charge on any atom is -0.361 e. The number of rotatable bonds is 6. The van der Waals surface area contributed by atoms with Crippen molar-refractivity contribution in [3.8, 4) is 0 Å². The van der Waals surface area contributed by atoms with Crippen LogP contribution in [0.1, 0.15) is 31.2 Å². The van der Waals surface area contributed by atoms with E-state index in [4.69, 9.17) is 0 Å². The van der Waals surface area contributed by atoms with Gasteiger partial charge in [0.2, 0.25) is 0 Å². The number of aromatic nitrogens is 1. The highest BCUT2D eigenvalue weighted by atomic mass is 14.9. The fraction of sp³-hybridized carbons (Fsp3) is 0.467. The van der Waals surface area contributed by atoms with Gasteiger partial charge in [0.05, 0.1) is 0 Å². The Hall–Kier alpha value is -1.28. The van der Waals surface area contributed by atoms with E-state index in [1.807, 2.05) is 0 Å². The van der Waals surface area contributed by atoms with Gasteiger partial charge in [0.15, 0.2) is 0 Å². The van der Waals surface area contributed by atoms with Crippen LogP contribution >= 0.6 is 0 Å². The lowest BCUT2D eigenvalue weighted by molar-refractivity contribution is 0.595. The molecule has 17 heavy (non-hydrogen) atoms. The predicted molar refractivity (Wildman–Crippen MR) is 72.0 cm³/mol. The van der Waals surface area contributed by atoms with Crippen molar-refractivity contribution in [2.24, 2.45) is 5.92 Å². The first-order valence-corrected chi connectivity index (χ1v) is 6.69. The third-order valence-corrected chi connectivity index (χ3v) is 3.65. The summed E-state index contributed by atoms with van der Waals surface area (Å²) in [5, 5.41) is 4.89. The summed E-state index contributed by atoms with van der Waals surface area (Å²) in [6.07, 6.45) is 7.82. The Balaban J connectivity index is 1.50. The molecule has 0 aliphatic heterocycles. The van der Waals surface area contributed by atoms with Gasteiger partial charge in [-0.3, -0.25) is 0 Å². The van der Waals surface area contributed by atoms with Gasteiger partial charge in [0.25, 0.3) is 0 Å². The molecule has 0 radical (unpaired) electrons. The molecule has 1 aliphatic rings. The Bertz CT molecular complexity index is 482. The summed E-state index contributed by atoms with van der Waals surface area (Å²) in [7, 11) is 0. The first-order valence-electron chi connectivity index (χ1n) is 6.69. The van der Waals surface area contributed by atoms with Gasteiger partial charge >= 0.3 is 0 Å². The second kappa shape index (κ2) is 4.92. The summed E-state index contributed by atoms with van der Waals surface area (Å²) in [5.41, 5.74) is 2.62. The number of hydrogen-bond acceptors (Lipinski definition) is 1. The van der Waals surface area contributed by atoms with Crippen molar-refractivity contribution in [2.75, 3.05) is 6.54 Å². The van der Waals surface area contributed by atoms with Crippen molar-refractivity contribution in [3.63, 3.8) is 0 Å². The summed E-state index contributed by atoms with van der Waals surface area (Å²) < 4.78 is 0. The number of hydrogen-bond donors (Lipinski definition) is 2. The molecule has 0 unspecified atom stereocenters. The van der Waals surface area contributed by atoms with E-state index in [2.05, 4.69) is 40.8 Å². The van der Waals surface area contributed by atoms with Gasteiger partial charge in [-0.25, -0.2) is 0 Å². The first-order chi connectivity index (χ1) is 8.43. The van der Waals surface area contributed by atoms with Crippen LogP contribution in [0, 0.1) is 5.92 Å². The van der Waals surface area contributed by atoms with Crippen LogP contribution in [0.2, 0.25) is 0 Å². The van der Waals surface area contributed by atoms with E-state index < -0.39 is 0 Å². The fourth-order valence-electron chi connectivity index (χ4n) is 2.42. The summed E-state index contributed by atoms with van der Waals surface area (Å²) in [6.45, 7) is 2.13. The average Bonchev–Trinajstić information content (AvgIpc) is 3.09. The minimum absolute atomic E-state index is 0.981. The average molecular weight is 228 g/mol. The van der Waals surface area contributed by atoms with Crippen molar-refractivity contribution in [3.05, 3.63) is 36.0 Å². The topological polar surface area (TPSA) is 27.8 Å². The van der Waals surface area contributed by atoms with E-state index in [1.165, 1.54) is 42.1 Å². The fourth-order valence-corrected chi connectivity index (χ4v) is 2.42. The molecular formula is C15H20N2. The largest absolute Gasteiger partial charge is 0.361 e. The summed E-state index contributed by atoms with van der Waals surface area (Å²) >= 11 is 0. The molecule has 2 heteroatoms. The number of benzene rings is 1. The second-order valence-electron chi connectivity index (χ2n) is 5.12. The minimum atomic E-state index is 0.981. The van der Waals surface area contributed by atoms with E-state index in [0.717, 1.165) is 19.0 Å². The van der Waals surface area contributed by atoms with Crippen molar-refractivity contribution < 1.29 is 0 Å². The van der Waals surface area contributed by atoms with Gasteiger partial charge in [-0.05, 0) is 36.9 Å². The molecular weight excluding hydrogens is 208 g/mol. The molecule has 0 spiro atoms. The Morgan fingerprint density at radius 2 is 2.12 bits per heavy atom. The summed E-state index contributed by atoms with van der Waals surface area (Å²) in [4.78, 5) is 3.32. The molecule has 0 amide bonds. The molecule has 3 rings (SSSR count). The Morgan fingerprint density at radius 3 is 3.00 bits per heavy atom. The number of para-hydroxylation sites is 1. The maximum atomic E-state index is 3.54. The maximum absolute atomic E-state index is 3.54. The highest BCUT2D eigenvalue weighted by Crippen LogP contribution is 2.33.